The maximum atomic E-state index is 12.9. The summed E-state index contributed by atoms with van der Waals surface area (Å²) >= 11 is 6.58. The molecule has 0 fully saturated rings. The van der Waals surface area contributed by atoms with Crippen LogP contribution in [0, 0.1) is 6.92 Å². The number of fused-ring (bicyclic) bond motifs is 1. The number of carbonyl (C=O) groups excluding carboxylic acids is 1. The minimum absolute atomic E-state index is 0.150. The van der Waals surface area contributed by atoms with Crippen LogP contribution in [-0.4, -0.2) is 39.8 Å². The molecular formula is C24H22ClN3O4. The number of carboxylic acid groups (broad SMARTS) is 1. The molecule has 3 aromatic rings. The zero-order valence-corrected chi connectivity index (χ0v) is 18.5. The van der Waals surface area contributed by atoms with Crippen LogP contribution in [0.25, 0.3) is 10.9 Å². The fourth-order valence-corrected chi connectivity index (χ4v) is 4.11. The van der Waals surface area contributed by atoms with Crippen LogP contribution in [0.2, 0.25) is 5.15 Å². The van der Waals surface area contributed by atoms with Crippen LogP contribution in [0.15, 0.2) is 53.6 Å². The summed E-state index contributed by atoms with van der Waals surface area (Å²) in [5, 5.41) is 16.2. The molecule has 0 spiro atoms. The first-order chi connectivity index (χ1) is 15.4. The molecule has 1 N–H and O–H groups in total. The summed E-state index contributed by atoms with van der Waals surface area (Å²) in [6.07, 6.45) is 0.0190. The van der Waals surface area contributed by atoms with Gasteiger partial charge in [0.05, 0.1) is 30.8 Å². The number of hydrogen-bond acceptors (Lipinski definition) is 5. The molecule has 0 aliphatic carbocycles. The summed E-state index contributed by atoms with van der Waals surface area (Å²) in [6.45, 7) is 1.97. The van der Waals surface area contributed by atoms with Crippen molar-refractivity contribution in [2.45, 2.75) is 32.2 Å². The van der Waals surface area contributed by atoms with Gasteiger partial charge in [-0.25, -0.2) is 9.99 Å². The topological polar surface area (TPSA) is 92.1 Å². The van der Waals surface area contributed by atoms with Gasteiger partial charge in [0.25, 0.3) is 0 Å². The first-order valence-electron chi connectivity index (χ1n) is 10.2. The molecule has 0 saturated heterocycles. The summed E-state index contributed by atoms with van der Waals surface area (Å²) in [5.41, 5.74) is 4.05. The molecule has 0 radical (unpaired) electrons. The quantitative estimate of drug-likeness (QED) is 0.546. The Labute approximate surface area is 190 Å². The summed E-state index contributed by atoms with van der Waals surface area (Å²) in [6, 6.07) is 14.7. The molecule has 1 aliphatic rings. The summed E-state index contributed by atoms with van der Waals surface area (Å²) < 4.78 is 5.22. The van der Waals surface area contributed by atoms with Gasteiger partial charge in [0, 0.05) is 23.8 Å². The normalized spacial score (nSPS) is 15.7. The number of aliphatic carboxylic acids is 1. The molecular weight excluding hydrogens is 430 g/mol. The van der Waals surface area contributed by atoms with Crippen molar-refractivity contribution in [2.75, 3.05) is 7.11 Å². The van der Waals surface area contributed by atoms with Gasteiger partial charge in [-0.15, -0.1) is 0 Å². The number of amides is 1. The van der Waals surface area contributed by atoms with Crippen LogP contribution >= 0.6 is 11.6 Å². The average molecular weight is 452 g/mol. The maximum Gasteiger partial charge on any atom is 0.303 e. The number of halogens is 1. The minimum Gasteiger partial charge on any atom is -0.497 e. The van der Waals surface area contributed by atoms with Crippen LogP contribution in [0.1, 0.15) is 42.0 Å². The minimum atomic E-state index is -1.03. The molecule has 1 aromatic heterocycles. The van der Waals surface area contributed by atoms with Gasteiger partial charge < -0.3 is 9.84 Å². The van der Waals surface area contributed by atoms with E-state index in [0.717, 1.165) is 27.8 Å². The molecule has 7 nitrogen and oxygen atoms in total. The SMILES string of the molecule is COc1ccc(C2=NN(C(=O)CCC(=O)O)[C@@H](c3cc4cccc(C)c4nc3Cl)C2)cc1. The van der Waals surface area contributed by atoms with Gasteiger partial charge in [-0.3, -0.25) is 9.59 Å². The number of hydrazone groups is 1. The Morgan fingerprint density at radius 2 is 1.94 bits per heavy atom. The predicted molar refractivity (Wildman–Crippen MR) is 122 cm³/mol. The lowest BCUT2D eigenvalue weighted by Crippen LogP contribution is -2.27. The van der Waals surface area contributed by atoms with Crippen LogP contribution in [0.4, 0.5) is 0 Å². The van der Waals surface area contributed by atoms with Gasteiger partial charge in [0.1, 0.15) is 10.9 Å². The first kappa shape index (κ1) is 21.8. The number of carbonyl (C=O) groups is 2. The number of aryl methyl sites for hydroxylation is 1. The number of aromatic nitrogens is 1. The highest BCUT2D eigenvalue weighted by molar-refractivity contribution is 6.30. The van der Waals surface area contributed by atoms with Crippen molar-refractivity contribution in [3.8, 4) is 5.75 Å². The fraction of sp³-hybridized carbons (Fsp3) is 0.250. The second-order valence-electron chi connectivity index (χ2n) is 7.64. The number of carboxylic acids is 1. The second kappa shape index (κ2) is 8.96. The van der Waals surface area contributed by atoms with E-state index in [1.807, 2.05) is 55.5 Å². The molecule has 1 aliphatic heterocycles. The van der Waals surface area contributed by atoms with Crippen molar-refractivity contribution < 1.29 is 19.4 Å². The van der Waals surface area contributed by atoms with E-state index in [4.69, 9.17) is 21.4 Å². The number of nitrogens with zero attached hydrogens (tertiary/aromatic N) is 3. The van der Waals surface area contributed by atoms with Crippen LogP contribution in [0.5, 0.6) is 5.75 Å². The number of hydrogen-bond donors (Lipinski definition) is 1. The van der Waals surface area contributed by atoms with Gasteiger partial charge in [-0.2, -0.15) is 5.10 Å². The first-order valence-corrected chi connectivity index (χ1v) is 10.6. The van der Waals surface area contributed by atoms with Gasteiger partial charge >= 0.3 is 5.97 Å². The third-order valence-corrected chi connectivity index (χ3v) is 5.83. The Bertz CT molecular complexity index is 1220. The van der Waals surface area contributed by atoms with Crippen LogP contribution in [-0.2, 0) is 9.59 Å². The number of para-hydroxylation sites is 1. The van der Waals surface area contributed by atoms with Crippen LogP contribution < -0.4 is 4.74 Å². The highest BCUT2D eigenvalue weighted by Gasteiger charge is 2.35. The van der Waals surface area contributed by atoms with E-state index < -0.39 is 12.0 Å². The largest absolute Gasteiger partial charge is 0.497 e. The number of ether oxygens (including phenoxy) is 1. The van der Waals surface area contributed by atoms with E-state index in [9.17, 15) is 9.59 Å². The zero-order chi connectivity index (χ0) is 22.8. The molecule has 0 unspecified atom stereocenters. The lowest BCUT2D eigenvalue weighted by Gasteiger charge is -2.23. The third-order valence-electron chi connectivity index (χ3n) is 5.53. The number of rotatable bonds is 6. The summed E-state index contributed by atoms with van der Waals surface area (Å²) in [7, 11) is 1.59. The highest BCUT2D eigenvalue weighted by atomic mass is 35.5. The van der Waals surface area contributed by atoms with Crippen molar-refractivity contribution in [1.29, 1.82) is 0 Å². The van der Waals surface area contributed by atoms with Crippen molar-refractivity contribution in [3.63, 3.8) is 0 Å². The van der Waals surface area contributed by atoms with Gasteiger partial charge in [0.2, 0.25) is 5.91 Å². The Balaban J connectivity index is 1.73. The van der Waals surface area contributed by atoms with Crippen molar-refractivity contribution in [1.82, 2.24) is 9.99 Å². The average Bonchev–Trinajstić information content (AvgIpc) is 3.23. The highest BCUT2D eigenvalue weighted by Crippen LogP contribution is 2.38. The Hall–Kier alpha value is -3.45. The van der Waals surface area contributed by atoms with E-state index in [1.165, 1.54) is 5.01 Å². The number of benzene rings is 2. The second-order valence-corrected chi connectivity index (χ2v) is 8.00. The standard InChI is InChI=1S/C24H22ClN3O4/c1-14-4-3-5-16-12-18(24(25)26-23(14)16)20-13-19(15-6-8-17(32-2)9-7-15)27-28(20)21(29)10-11-22(30)31/h3-9,12,20H,10-11,13H2,1-2H3,(H,30,31)/t20-/m1/s1. The maximum absolute atomic E-state index is 12.9. The molecule has 164 valence electrons. The smallest absolute Gasteiger partial charge is 0.303 e. The van der Waals surface area contributed by atoms with E-state index in [2.05, 4.69) is 10.1 Å². The Morgan fingerprint density at radius 1 is 1.19 bits per heavy atom. The lowest BCUT2D eigenvalue weighted by molar-refractivity contribution is -0.141. The molecule has 1 atom stereocenters. The lowest BCUT2D eigenvalue weighted by atomic mass is 9.97. The summed E-state index contributed by atoms with van der Waals surface area (Å²) in [4.78, 5) is 28.5. The third kappa shape index (κ3) is 4.29. The van der Waals surface area contributed by atoms with E-state index in [0.29, 0.717) is 22.8 Å². The van der Waals surface area contributed by atoms with E-state index in [-0.39, 0.29) is 18.7 Å². The monoisotopic (exact) mass is 451 g/mol. The van der Waals surface area contributed by atoms with Crippen LogP contribution in [0.3, 0.4) is 0 Å². The van der Waals surface area contributed by atoms with Gasteiger partial charge in [0.15, 0.2) is 0 Å². The molecule has 1 amide bonds. The van der Waals surface area contributed by atoms with Crippen molar-refractivity contribution in [3.05, 3.63) is 70.4 Å². The fourth-order valence-electron chi connectivity index (χ4n) is 3.84. The molecule has 32 heavy (non-hydrogen) atoms. The molecule has 4 rings (SSSR count). The Morgan fingerprint density at radius 3 is 2.62 bits per heavy atom. The Kier molecular flexibility index (Phi) is 6.10. The van der Waals surface area contributed by atoms with Gasteiger partial charge in [-0.1, -0.05) is 29.8 Å². The van der Waals surface area contributed by atoms with E-state index in [1.54, 1.807) is 7.11 Å². The van der Waals surface area contributed by atoms with Gasteiger partial charge in [-0.05, 0) is 48.4 Å². The van der Waals surface area contributed by atoms with Crippen molar-refractivity contribution >= 4 is 40.1 Å². The zero-order valence-electron chi connectivity index (χ0n) is 17.7. The number of methoxy groups -OCH3 is 1. The summed E-state index contributed by atoms with van der Waals surface area (Å²) in [5.74, 6) is -0.689. The predicted octanol–water partition coefficient (Wildman–Crippen LogP) is 4.75. The number of pyridine rings is 1. The molecule has 2 heterocycles. The van der Waals surface area contributed by atoms with Crippen molar-refractivity contribution in [2.24, 2.45) is 5.10 Å². The molecule has 8 heteroatoms. The van der Waals surface area contributed by atoms with E-state index >= 15 is 0 Å². The molecule has 2 aromatic carbocycles. The molecule has 0 bridgehead atoms. The molecule has 0 saturated carbocycles.